The van der Waals surface area contributed by atoms with Gasteiger partial charge in [-0.3, -0.25) is 9.48 Å². The molecule has 16 heavy (non-hydrogen) atoms. The predicted octanol–water partition coefficient (Wildman–Crippen LogP) is 1.92. The number of carbonyl (C=O) groups is 1. The van der Waals surface area contributed by atoms with Crippen molar-refractivity contribution in [3.63, 3.8) is 0 Å². The number of ether oxygens (including phenoxy) is 1. The van der Waals surface area contributed by atoms with Crippen molar-refractivity contribution >= 4 is 17.4 Å². The zero-order chi connectivity index (χ0) is 12.3. The topological polar surface area (TPSA) is 44.1 Å². The molecule has 0 aromatic carbocycles. The minimum atomic E-state index is -0.392. The Morgan fingerprint density at radius 1 is 1.62 bits per heavy atom. The van der Waals surface area contributed by atoms with Crippen LogP contribution in [0.5, 0.6) is 0 Å². The molecule has 0 spiro atoms. The number of aryl methyl sites for hydroxylation is 2. The fourth-order valence-electron chi connectivity index (χ4n) is 1.52. The van der Waals surface area contributed by atoms with Crippen LogP contribution in [-0.4, -0.2) is 28.3 Å². The van der Waals surface area contributed by atoms with Gasteiger partial charge in [-0.25, -0.2) is 0 Å². The van der Waals surface area contributed by atoms with E-state index in [2.05, 4.69) is 5.10 Å². The van der Waals surface area contributed by atoms with Crippen LogP contribution in [0.3, 0.4) is 0 Å². The Morgan fingerprint density at radius 3 is 2.69 bits per heavy atom. The molecule has 1 heterocycles. The average Bonchev–Trinajstić information content (AvgIpc) is 2.45. The highest BCUT2D eigenvalue weighted by molar-refractivity contribution is 6.32. The zero-order valence-electron chi connectivity index (χ0n) is 10.1. The molecule has 0 aliphatic heterocycles. The molecule has 1 unspecified atom stereocenters. The van der Waals surface area contributed by atoms with Crippen LogP contribution in [-0.2, 0) is 23.0 Å². The molecule has 1 atom stereocenters. The van der Waals surface area contributed by atoms with Gasteiger partial charge < -0.3 is 4.74 Å². The first-order valence-electron chi connectivity index (χ1n) is 5.29. The van der Waals surface area contributed by atoms with Crippen molar-refractivity contribution in [1.82, 2.24) is 9.78 Å². The molecular weight excluding hydrogens is 228 g/mol. The van der Waals surface area contributed by atoms with Gasteiger partial charge >= 0.3 is 0 Å². The standard InChI is InChI=1S/C11H17ClN2O2/c1-5-16-8(3)10(15)6-9-11(12)7(2)13-14(9)4/h8H,5-6H2,1-4H3. The smallest absolute Gasteiger partial charge is 0.167 e. The third kappa shape index (κ3) is 2.83. The van der Waals surface area contributed by atoms with E-state index in [0.29, 0.717) is 11.6 Å². The maximum absolute atomic E-state index is 11.8. The molecule has 0 aliphatic rings. The van der Waals surface area contributed by atoms with Crippen molar-refractivity contribution in [2.75, 3.05) is 6.61 Å². The summed E-state index contributed by atoms with van der Waals surface area (Å²) in [7, 11) is 1.78. The lowest BCUT2D eigenvalue weighted by atomic mass is 10.1. The van der Waals surface area contributed by atoms with E-state index in [9.17, 15) is 4.79 Å². The third-order valence-electron chi connectivity index (χ3n) is 2.47. The molecule has 4 nitrogen and oxygen atoms in total. The number of Topliss-reactive ketones (excluding diaryl/α,β-unsaturated/α-hetero) is 1. The molecule has 0 saturated carbocycles. The summed E-state index contributed by atoms with van der Waals surface area (Å²) in [5, 5.41) is 4.73. The maximum atomic E-state index is 11.8. The van der Waals surface area contributed by atoms with Crippen LogP contribution >= 0.6 is 11.6 Å². The highest BCUT2D eigenvalue weighted by atomic mass is 35.5. The average molecular weight is 245 g/mol. The SMILES string of the molecule is CCOC(C)C(=O)Cc1c(Cl)c(C)nn1C. The fourth-order valence-corrected chi connectivity index (χ4v) is 1.75. The number of hydrogen-bond acceptors (Lipinski definition) is 3. The van der Waals surface area contributed by atoms with Crippen molar-refractivity contribution < 1.29 is 9.53 Å². The highest BCUT2D eigenvalue weighted by Gasteiger charge is 2.19. The minimum absolute atomic E-state index is 0.0201. The normalized spacial score (nSPS) is 12.8. The van der Waals surface area contributed by atoms with Gasteiger partial charge in [0.25, 0.3) is 0 Å². The molecule has 0 fully saturated rings. The van der Waals surface area contributed by atoms with Gasteiger partial charge in [0.05, 0.1) is 22.8 Å². The Morgan fingerprint density at radius 2 is 2.25 bits per heavy atom. The highest BCUT2D eigenvalue weighted by Crippen LogP contribution is 2.20. The summed E-state index contributed by atoms with van der Waals surface area (Å²) in [5.41, 5.74) is 1.49. The lowest BCUT2D eigenvalue weighted by Crippen LogP contribution is -2.23. The van der Waals surface area contributed by atoms with E-state index in [4.69, 9.17) is 16.3 Å². The van der Waals surface area contributed by atoms with Crippen LogP contribution in [0.15, 0.2) is 0 Å². The lowest BCUT2D eigenvalue weighted by Gasteiger charge is -2.10. The van der Waals surface area contributed by atoms with Crippen molar-refractivity contribution in [2.24, 2.45) is 7.05 Å². The quantitative estimate of drug-likeness (QED) is 0.795. The van der Waals surface area contributed by atoms with Crippen molar-refractivity contribution in [3.05, 3.63) is 16.4 Å². The van der Waals surface area contributed by atoms with E-state index in [1.807, 2.05) is 13.8 Å². The van der Waals surface area contributed by atoms with Gasteiger partial charge in [0.2, 0.25) is 0 Å². The van der Waals surface area contributed by atoms with Crippen LogP contribution in [0.1, 0.15) is 25.2 Å². The van der Waals surface area contributed by atoms with E-state index < -0.39 is 6.10 Å². The largest absolute Gasteiger partial charge is 0.371 e. The first kappa shape index (κ1) is 13.2. The Bertz CT molecular complexity index is 388. The summed E-state index contributed by atoms with van der Waals surface area (Å²) < 4.78 is 6.89. The Balaban J connectivity index is 2.77. The molecule has 0 saturated heterocycles. The molecule has 1 rings (SSSR count). The second-order valence-electron chi connectivity index (χ2n) is 3.71. The Hall–Kier alpha value is -0.870. The van der Waals surface area contributed by atoms with Gasteiger partial charge in [0, 0.05) is 13.7 Å². The number of rotatable bonds is 5. The summed E-state index contributed by atoms with van der Waals surface area (Å²) in [6.07, 6.45) is -0.131. The number of ketones is 1. The van der Waals surface area contributed by atoms with E-state index >= 15 is 0 Å². The number of halogens is 1. The second kappa shape index (κ2) is 5.46. The van der Waals surface area contributed by atoms with E-state index in [1.54, 1.807) is 18.7 Å². The zero-order valence-corrected chi connectivity index (χ0v) is 10.8. The summed E-state index contributed by atoms with van der Waals surface area (Å²) >= 11 is 6.06. The van der Waals surface area contributed by atoms with Crippen molar-refractivity contribution in [1.29, 1.82) is 0 Å². The molecule has 1 aromatic rings. The van der Waals surface area contributed by atoms with Gasteiger partial charge in [-0.2, -0.15) is 5.10 Å². The summed E-state index contributed by atoms with van der Waals surface area (Å²) in [6.45, 7) is 5.97. The van der Waals surface area contributed by atoms with Crippen LogP contribution in [0, 0.1) is 6.92 Å². The molecule has 90 valence electrons. The molecular formula is C11H17ClN2O2. The second-order valence-corrected chi connectivity index (χ2v) is 4.09. The summed E-state index contributed by atoms with van der Waals surface area (Å²) in [4.78, 5) is 11.8. The number of aromatic nitrogens is 2. The van der Waals surface area contributed by atoms with Gasteiger partial charge in [-0.1, -0.05) is 11.6 Å². The molecule has 5 heteroatoms. The van der Waals surface area contributed by atoms with Crippen LogP contribution < -0.4 is 0 Å². The van der Waals surface area contributed by atoms with Gasteiger partial charge in [-0.15, -0.1) is 0 Å². The summed E-state index contributed by atoms with van der Waals surface area (Å²) in [6, 6.07) is 0. The monoisotopic (exact) mass is 244 g/mol. The fraction of sp³-hybridized carbons (Fsp3) is 0.636. The van der Waals surface area contributed by atoms with Gasteiger partial charge in [-0.05, 0) is 20.8 Å². The van der Waals surface area contributed by atoms with E-state index in [1.165, 1.54) is 0 Å². The lowest BCUT2D eigenvalue weighted by molar-refractivity contribution is -0.128. The molecule has 0 radical (unpaired) electrons. The van der Waals surface area contributed by atoms with Gasteiger partial charge in [0.1, 0.15) is 6.10 Å². The molecule has 0 amide bonds. The van der Waals surface area contributed by atoms with Gasteiger partial charge in [0.15, 0.2) is 5.78 Å². The molecule has 0 aliphatic carbocycles. The first-order chi connectivity index (χ1) is 7.47. The molecule has 0 bridgehead atoms. The van der Waals surface area contributed by atoms with Crippen LogP contribution in [0.4, 0.5) is 0 Å². The van der Waals surface area contributed by atoms with Crippen molar-refractivity contribution in [3.8, 4) is 0 Å². The van der Waals surface area contributed by atoms with Crippen LogP contribution in [0.25, 0.3) is 0 Å². The number of nitrogens with zero attached hydrogens (tertiary/aromatic N) is 2. The number of hydrogen-bond donors (Lipinski definition) is 0. The van der Waals surface area contributed by atoms with Crippen LogP contribution in [0.2, 0.25) is 5.02 Å². The third-order valence-corrected chi connectivity index (χ3v) is 2.97. The minimum Gasteiger partial charge on any atom is -0.371 e. The Labute approximate surface area is 101 Å². The first-order valence-corrected chi connectivity index (χ1v) is 5.67. The maximum Gasteiger partial charge on any atom is 0.167 e. The Kier molecular flexibility index (Phi) is 4.50. The molecule has 1 aromatic heterocycles. The number of carbonyl (C=O) groups excluding carboxylic acids is 1. The predicted molar refractivity (Wildman–Crippen MR) is 62.8 cm³/mol. The van der Waals surface area contributed by atoms with E-state index in [0.717, 1.165) is 11.4 Å². The van der Waals surface area contributed by atoms with E-state index in [-0.39, 0.29) is 12.2 Å². The molecule has 0 N–H and O–H groups in total. The summed E-state index contributed by atoms with van der Waals surface area (Å²) in [5.74, 6) is 0.0201. The van der Waals surface area contributed by atoms with Crippen molar-refractivity contribution in [2.45, 2.75) is 33.3 Å².